The van der Waals surface area contributed by atoms with Crippen LogP contribution in [0, 0.1) is 0 Å². The molecule has 2 heterocycles. The number of methoxy groups -OCH3 is 1. The quantitative estimate of drug-likeness (QED) is 0.748. The molecule has 1 aromatic rings. The zero-order chi connectivity index (χ0) is 16.3. The van der Waals surface area contributed by atoms with Crippen molar-refractivity contribution < 1.29 is 14.3 Å². The van der Waals surface area contributed by atoms with Crippen LogP contribution in [0.1, 0.15) is 20.8 Å². The van der Waals surface area contributed by atoms with Gasteiger partial charge in [0, 0.05) is 38.3 Å². The first-order valence-electron chi connectivity index (χ1n) is 7.23. The van der Waals surface area contributed by atoms with Crippen LogP contribution in [0.15, 0.2) is 16.7 Å². The van der Waals surface area contributed by atoms with Gasteiger partial charge in [0.25, 0.3) is 0 Å². The molecule has 1 aliphatic rings. The van der Waals surface area contributed by atoms with E-state index in [0.29, 0.717) is 26.2 Å². The molecule has 0 N–H and O–H groups in total. The Hall–Kier alpha value is -1.50. The van der Waals surface area contributed by atoms with E-state index >= 15 is 0 Å². The zero-order valence-electron chi connectivity index (χ0n) is 13.4. The molecular formula is C15H22BrN3O3. The highest BCUT2D eigenvalue weighted by molar-refractivity contribution is 9.10. The standard InChI is InChI=1S/C15H22BrN3O3/c1-15(2,3)22-14(20)19-7-5-18(6-8-19)13-10-11(21-4)9-12(16)17-13/h9-10H,5-8H2,1-4H3. The summed E-state index contributed by atoms with van der Waals surface area (Å²) >= 11 is 3.39. The maximum Gasteiger partial charge on any atom is 0.410 e. The van der Waals surface area contributed by atoms with Gasteiger partial charge in [-0.2, -0.15) is 0 Å². The molecule has 1 aromatic heterocycles. The summed E-state index contributed by atoms with van der Waals surface area (Å²) in [6.07, 6.45) is -0.257. The van der Waals surface area contributed by atoms with E-state index in [-0.39, 0.29) is 6.09 Å². The lowest BCUT2D eigenvalue weighted by atomic mass is 10.2. The number of amides is 1. The fourth-order valence-corrected chi connectivity index (χ4v) is 2.59. The van der Waals surface area contributed by atoms with Crippen molar-refractivity contribution in [1.29, 1.82) is 0 Å². The average Bonchev–Trinajstić information content (AvgIpc) is 2.45. The lowest BCUT2D eigenvalue weighted by molar-refractivity contribution is 0.0240. The average molecular weight is 372 g/mol. The summed E-state index contributed by atoms with van der Waals surface area (Å²) < 4.78 is 11.4. The van der Waals surface area contributed by atoms with Gasteiger partial charge in [0.05, 0.1) is 7.11 Å². The molecule has 1 fully saturated rings. The van der Waals surface area contributed by atoms with Crippen LogP contribution in [0.3, 0.4) is 0 Å². The first-order chi connectivity index (χ1) is 10.3. The summed E-state index contributed by atoms with van der Waals surface area (Å²) in [6.45, 7) is 8.28. The Balaban J connectivity index is 1.97. The molecule has 0 spiro atoms. The van der Waals surface area contributed by atoms with E-state index in [9.17, 15) is 4.79 Å². The van der Waals surface area contributed by atoms with Crippen molar-refractivity contribution in [2.45, 2.75) is 26.4 Å². The Kier molecular flexibility index (Phi) is 5.16. The summed E-state index contributed by atoms with van der Waals surface area (Å²) in [5, 5.41) is 0. The topological polar surface area (TPSA) is 54.9 Å². The van der Waals surface area contributed by atoms with Crippen LogP contribution in [0.25, 0.3) is 0 Å². The normalized spacial score (nSPS) is 15.7. The number of hydrogen-bond donors (Lipinski definition) is 0. The van der Waals surface area contributed by atoms with Crippen LogP contribution in [0.5, 0.6) is 5.75 Å². The number of aromatic nitrogens is 1. The van der Waals surface area contributed by atoms with E-state index in [0.717, 1.165) is 16.2 Å². The van der Waals surface area contributed by atoms with E-state index in [2.05, 4.69) is 25.8 Å². The van der Waals surface area contributed by atoms with Gasteiger partial charge in [-0.25, -0.2) is 9.78 Å². The minimum absolute atomic E-state index is 0.257. The molecule has 7 heteroatoms. The molecule has 0 saturated carbocycles. The minimum atomic E-state index is -0.465. The number of halogens is 1. The molecular weight excluding hydrogens is 350 g/mol. The number of piperazine rings is 1. The van der Waals surface area contributed by atoms with Gasteiger partial charge in [-0.15, -0.1) is 0 Å². The lowest BCUT2D eigenvalue weighted by Crippen LogP contribution is -2.50. The Labute approximate surface area is 139 Å². The van der Waals surface area contributed by atoms with Crippen LogP contribution < -0.4 is 9.64 Å². The highest BCUT2D eigenvalue weighted by atomic mass is 79.9. The lowest BCUT2D eigenvalue weighted by Gasteiger charge is -2.36. The van der Waals surface area contributed by atoms with Gasteiger partial charge < -0.3 is 19.3 Å². The van der Waals surface area contributed by atoms with E-state index in [1.165, 1.54) is 0 Å². The Morgan fingerprint density at radius 2 is 1.86 bits per heavy atom. The monoisotopic (exact) mass is 371 g/mol. The molecule has 1 aliphatic heterocycles. The number of pyridine rings is 1. The second kappa shape index (κ2) is 6.73. The number of carbonyl (C=O) groups excluding carboxylic acids is 1. The second-order valence-electron chi connectivity index (χ2n) is 6.14. The highest BCUT2D eigenvalue weighted by Gasteiger charge is 2.26. The number of anilines is 1. The molecule has 0 bridgehead atoms. The van der Waals surface area contributed by atoms with Crippen LogP contribution in [-0.2, 0) is 4.74 Å². The first kappa shape index (κ1) is 16.9. The van der Waals surface area contributed by atoms with Crippen molar-refractivity contribution in [1.82, 2.24) is 9.88 Å². The summed E-state index contributed by atoms with van der Waals surface area (Å²) in [7, 11) is 1.63. The van der Waals surface area contributed by atoms with Crippen molar-refractivity contribution in [3.63, 3.8) is 0 Å². The van der Waals surface area contributed by atoms with Crippen LogP contribution in [0.2, 0.25) is 0 Å². The van der Waals surface area contributed by atoms with Crippen LogP contribution >= 0.6 is 15.9 Å². The number of rotatable bonds is 2. The predicted molar refractivity (Wildman–Crippen MR) is 88.5 cm³/mol. The van der Waals surface area contributed by atoms with Gasteiger partial charge >= 0.3 is 6.09 Å². The molecule has 6 nitrogen and oxygen atoms in total. The van der Waals surface area contributed by atoms with Gasteiger partial charge in [0.2, 0.25) is 0 Å². The summed E-state index contributed by atoms with van der Waals surface area (Å²) in [4.78, 5) is 20.4. The Bertz CT molecular complexity index is 537. The molecule has 0 radical (unpaired) electrons. The summed E-state index contributed by atoms with van der Waals surface area (Å²) in [5.74, 6) is 1.60. The highest BCUT2D eigenvalue weighted by Crippen LogP contribution is 2.24. The number of hydrogen-bond acceptors (Lipinski definition) is 5. The van der Waals surface area contributed by atoms with Gasteiger partial charge in [-0.05, 0) is 36.7 Å². The number of nitrogens with zero attached hydrogens (tertiary/aromatic N) is 3. The molecule has 22 heavy (non-hydrogen) atoms. The van der Waals surface area contributed by atoms with Crippen molar-refractivity contribution in [3.05, 3.63) is 16.7 Å². The Morgan fingerprint density at radius 1 is 1.23 bits per heavy atom. The molecule has 0 aromatic carbocycles. The van der Waals surface area contributed by atoms with Crippen molar-refractivity contribution in [3.8, 4) is 5.75 Å². The largest absolute Gasteiger partial charge is 0.497 e. The van der Waals surface area contributed by atoms with E-state index in [4.69, 9.17) is 9.47 Å². The molecule has 0 unspecified atom stereocenters. The summed E-state index contributed by atoms with van der Waals surface area (Å²) in [5.41, 5.74) is -0.465. The number of carbonyl (C=O) groups is 1. The maximum absolute atomic E-state index is 12.1. The molecule has 122 valence electrons. The Morgan fingerprint density at radius 3 is 2.41 bits per heavy atom. The maximum atomic E-state index is 12.1. The second-order valence-corrected chi connectivity index (χ2v) is 6.95. The van der Waals surface area contributed by atoms with Gasteiger partial charge in [0.1, 0.15) is 21.8 Å². The van der Waals surface area contributed by atoms with Crippen LogP contribution in [0.4, 0.5) is 10.6 Å². The third-order valence-corrected chi connectivity index (χ3v) is 3.65. The van der Waals surface area contributed by atoms with Gasteiger partial charge in [-0.1, -0.05) is 0 Å². The third-order valence-electron chi connectivity index (χ3n) is 3.25. The molecule has 1 saturated heterocycles. The van der Waals surface area contributed by atoms with E-state index in [1.807, 2.05) is 32.9 Å². The summed E-state index contributed by atoms with van der Waals surface area (Å²) in [6, 6.07) is 3.72. The van der Waals surface area contributed by atoms with Crippen molar-refractivity contribution >= 4 is 27.8 Å². The third kappa shape index (κ3) is 4.50. The zero-order valence-corrected chi connectivity index (χ0v) is 15.0. The van der Waals surface area contributed by atoms with Crippen molar-refractivity contribution in [2.75, 3.05) is 38.2 Å². The van der Waals surface area contributed by atoms with Gasteiger partial charge in [-0.3, -0.25) is 0 Å². The SMILES string of the molecule is COc1cc(Br)nc(N2CCN(C(=O)OC(C)(C)C)CC2)c1. The van der Waals surface area contributed by atoms with E-state index in [1.54, 1.807) is 12.0 Å². The molecule has 2 rings (SSSR count). The minimum Gasteiger partial charge on any atom is -0.497 e. The van der Waals surface area contributed by atoms with E-state index < -0.39 is 5.60 Å². The number of ether oxygens (including phenoxy) is 2. The van der Waals surface area contributed by atoms with Gasteiger partial charge in [0.15, 0.2) is 0 Å². The predicted octanol–water partition coefficient (Wildman–Crippen LogP) is 2.91. The molecule has 1 amide bonds. The fourth-order valence-electron chi connectivity index (χ4n) is 2.18. The fraction of sp³-hybridized carbons (Fsp3) is 0.600. The van der Waals surface area contributed by atoms with Crippen molar-refractivity contribution in [2.24, 2.45) is 0 Å². The van der Waals surface area contributed by atoms with Crippen LogP contribution in [-0.4, -0.2) is 54.9 Å². The first-order valence-corrected chi connectivity index (χ1v) is 8.02. The molecule has 0 aliphatic carbocycles. The molecule has 0 atom stereocenters. The smallest absolute Gasteiger partial charge is 0.410 e.